The van der Waals surface area contributed by atoms with Crippen LogP contribution in [0.4, 0.5) is 0 Å². The first-order valence-corrected chi connectivity index (χ1v) is 11.6. The maximum Gasteiger partial charge on any atom is 0.340 e. The van der Waals surface area contributed by atoms with E-state index in [2.05, 4.69) is 18.7 Å². The van der Waals surface area contributed by atoms with Gasteiger partial charge in [0.05, 0.1) is 17.9 Å². The summed E-state index contributed by atoms with van der Waals surface area (Å²) in [6.45, 7) is 6.75. The van der Waals surface area contributed by atoms with E-state index in [0.29, 0.717) is 41.8 Å². The second kappa shape index (κ2) is 10.1. The highest BCUT2D eigenvalue weighted by molar-refractivity contribution is 5.93. The van der Waals surface area contributed by atoms with E-state index in [0.717, 1.165) is 31.5 Å². The quantitative estimate of drug-likeness (QED) is 0.510. The zero-order valence-corrected chi connectivity index (χ0v) is 19.3. The number of benzene rings is 2. The highest BCUT2D eigenvalue weighted by Gasteiger charge is 2.25. The second-order valence-corrected chi connectivity index (χ2v) is 9.06. The number of para-hydroxylation sites is 1. The van der Waals surface area contributed by atoms with Crippen LogP contribution in [0.1, 0.15) is 48.2 Å². The van der Waals surface area contributed by atoms with Gasteiger partial charge in [-0.1, -0.05) is 42.5 Å². The highest BCUT2D eigenvalue weighted by Crippen LogP contribution is 2.34. The van der Waals surface area contributed by atoms with Crippen molar-refractivity contribution in [1.82, 2.24) is 9.47 Å². The summed E-state index contributed by atoms with van der Waals surface area (Å²) in [4.78, 5) is 15.4. The smallest absolute Gasteiger partial charge is 0.340 e. The van der Waals surface area contributed by atoms with Gasteiger partial charge in [-0.25, -0.2) is 4.79 Å². The molecule has 1 atom stereocenters. The van der Waals surface area contributed by atoms with Crippen molar-refractivity contribution >= 4 is 5.97 Å². The largest absolute Gasteiger partial charge is 0.494 e. The normalized spacial score (nSPS) is 16.8. The molecule has 0 spiro atoms. The number of carbonyl (C=O) groups is 1. The van der Waals surface area contributed by atoms with E-state index in [1.165, 1.54) is 10.6 Å². The molecule has 2 aromatic carbocycles. The number of likely N-dealkylation sites (tertiary alicyclic amines) is 1. The highest BCUT2D eigenvalue weighted by atomic mass is 16.5. The standard InChI is InChI=1S/C27H32N2O4/c1-19(2)28-14-8-11-21(17-28)18-33-27(32)23-12-6-7-13-24(23)29-25(30)16-22(26(29)31)15-20-9-4-3-5-10-20/h3-7,9-10,12-13,16,19,21,30-31H,8,11,14-15,17-18H2,1-2H3. The molecule has 1 saturated heterocycles. The Balaban J connectivity index is 1.52. The second-order valence-electron chi connectivity index (χ2n) is 9.06. The summed E-state index contributed by atoms with van der Waals surface area (Å²) in [6, 6.07) is 18.6. The lowest BCUT2D eigenvalue weighted by molar-refractivity contribution is 0.0328. The summed E-state index contributed by atoms with van der Waals surface area (Å²) in [5.74, 6) is -0.359. The van der Waals surface area contributed by atoms with Gasteiger partial charge >= 0.3 is 5.97 Å². The molecule has 174 valence electrons. The van der Waals surface area contributed by atoms with Crippen LogP contribution in [0.25, 0.3) is 5.69 Å². The zero-order chi connectivity index (χ0) is 23.4. The molecule has 1 aromatic heterocycles. The first kappa shape index (κ1) is 22.9. The van der Waals surface area contributed by atoms with Gasteiger partial charge in [0.1, 0.15) is 0 Å². The maximum absolute atomic E-state index is 13.0. The third-order valence-electron chi connectivity index (χ3n) is 6.36. The Hall–Kier alpha value is -3.25. The number of carbonyl (C=O) groups excluding carboxylic acids is 1. The Morgan fingerprint density at radius 3 is 2.58 bits per heavy atom. The Bertz CT molecular complexity index is 1090. The van der Waals surface area contributed by atoms with Crippen LogP contribution in [-0.4, -0.2) is 51.4 Å². The number of aromatic nitrogens is 1. The monoisotopic (exact) mass is 448 g/mol. The molecule has 6 heteroatoms. The number of nitrogens with zero attached hydrogens (tertiary/aromatic N) is 2. The molecule has 1 unspecified atom stereocenters. The number of rotatable bonds is 7. The molecular weight excluding hydrogens is 416 g/mol. The van der Waals surface area contributed by atoms with Gasteiger partial charge in [-0.3, -0.25) is 4.57 Å². The SMILES string of the molecule is CC(C)N1CCCC(COC(=O)c2ccccc2-n2c(O)cc(Cc3ccccc3)c2O)C1. The van der Waals surface area contributed by atoms with E-state index >= 15 is 0 Å². The third-order valence-corrected chi connectivity index (χ3v) is 6.36. The van der Waals surface area contributed by atoms with Crippen LogP contribution in [0, 0.1) is 5.92 Å². The molecule has 1 aliphatic heterocycles. The van der Waals surface area contributed by atoms with Gasteiger partial charge in [0, 0.05) is 36.6 Å². The minimum atomic E-state index is -0.454. The maximum atomic E-state index is 13.0. The zero-order valence-electron chi connectivity index (χ0n) is 19.3. The van der Waals surface area contributed by atoms with Gasteiger partial charge in [-0.15, -0.1) is 0 Å². The first-order chi connectivity index (χ1) is 15.9. The van der Waals surface area contributed by atoms with Crippen molar-refractivity contribution in [2.45, 2.75) is 39.2 Å². The fraction of sp³-hybridized carbons (Fsp3) is 0.370. The lowest BCUT2D eigenvalue weighted by atomic mass is 9.98. The molecule has 0 amide bonds. The molecule has 3 aromatic rings. The summed E-state index contributed by atoms with van der Waals surface area (Å²) in [5.41, 5.74) is 2.30. The van der Waals surface area contributed by atoms with Crippen molar-refractivity contribution in [2.24, 2.45) is 5.92 Å². The summed E-state index contributed by atoms with van der Waals surface area (Å²) in [6.07, 6.45) is 2.61. The summed E-state index contributed by atoms with van der Waals surface area (Å²) in [5, 5.41) is 21.5. The molecule has 0 aliphatic carbocycles. The van der Waals surface area contributed by atoms with Crippen LogP contribution in [0.2, 0.25) is 0 Å². The van der Waals surface area contributed by atoms with Crippen molar-refractivity contribution in [3.05, 3.63) is 77.4 Å². The number of hydrogen-bond acceptors (Lipinski definition) is 5. The molecular formula is C27H32N2O4. The van der Waals surface area contributed by atoms with Crippen molar-refractivity contribution < 1.29 is 19.7 Å². The molecule has 2 N–H and O–H groups in total. The van der Waals surface area contributed by atoms with E-state index in [-0.39, 0.29) is 11.8 Å². The molecule has 1 fully saturated rings. The molecule has 2 heterocycles. The first-order valence-electron chi connectivity index (χ1n) is 11.6. The van der Waals surface area contributed by atoms with E-state index < -0.39 is 5.97 Å². The molecule has 33 heavy (non-hydrogen) atoms. The van der Waals surface area contributed by atoms with E-state index in [1.807, 2.05) is 30.3 Å². The van der Waals surface area contributed by atoms with Gasteiger partial charge in [0.25, 0.3) is 0 Å². The van der Waals surface area contributed by atoms with Crippen LogP contribution >= 0.6 is 0 Å². The molecule has 1 aliphatic rings. The fourth-order valence-corrected chi connectivity index (χ4v) is 4.54. The Morgan fingerprint density at radius 1 is 1.09 bits per heavy atom. The summed E-state index contributed by atoms with van der Waals surface area (Å²) < 4.78 is 7.00. The predicted octanol–water partition coefficient (Wildman–Crippen LogP) is 4.76. The molecule has 6 nitrogen and oxygen atoms in total. The van der Waals surface area contributed by atoms with Gasteiger partial charge < -0.3 is 19.8 Å². The average Bonchev–Trinajstić information content (AvgIpc) is 3.10. The Morgan fingerprint density at radius 2 is 1.82 bits per heavy atom. The van der Waals surface area contributed by atoms with Crippen molar-refractivity contribution in [1.29, 1.82) is 0 Å². The number of aromatic hydroxyl groups is 2. The molecule has 0 saturated carbocycles. The predicted molar refractivity (Wildman–Crippen MR) is 128 cm³/mol. The van der Waals surface area contributed by atoms with E-state index in [4.69, 9.17) is 4.74 Å². The van der Waals surface area contributed by atoms with Crippen LogP contribution in [0.5, 0.6) is 11.8 Å². The van der Waals surface area contributed by atoms with Gasteiger partial charge in [0.15, 0.2) is 5.88 Å². The summed E-state index contributed by atoms with van der Waals surface area (Å²) >= 11 is 0. The molecule has 0 radical (unpaired) electrons. The van der Waals surface area contributed by atoms with E-state index in [9.17, 15) is 15.0 Å². The Kier molecular flexibility index (Phi) is 7.04. The topological polar surface area (TPSA) is 74.9 Å². The van der Waals surface area contributed by atoms with Gasteiger partial charge in [-0.2, -0.15) is 0 Å². The minimum Gasteiger partial charge on any atom is -0.494 e. The van der Waals surface area contributed by atoms with Crippen LogP contribution < -0.4 is 0 Å². The summed E-state index contributed by atoms with van der Waals surface area (Å²) in [7, 11) is 0. The average molecular weight is 449 g/mol. The lowest BCUT2D eigenvalue weighted by Gasteiger charge is -2.35. The third kappa shape index (κ3) is 5.22. The fourth-order valence-electron chi connectivity index (χ4n) is 4.54. The van der Waals surface area contributed by atoms with Crippen molar-refractivity contribution in [2.75, 3.05) is 19.7 Å². The number of ether oxygens (including phenoxy) is 1. The number of hydrogen-bond donors (Lipinski definition) is 2. The number of esters is 1. The molecule has 0 bridgehead atoms. The van der Waals surface area contributed by atoms with Crippen LogP contribution in [-0.2, 0) is 11.2 Å². The molecule has 4 rings (SSSR count). The van der Waals surface area contributed by atoms with Gasteiger partial charge in [0.2, 0.25) is 5.88 Å². The van der Waals surface area contributed by atoms with Crippen LogP contribution in [0.3, 0.4) is 0 Å². The van der Waals surface area contributed by atoms with Crippen molar-refractivity contribution in [3.8, 4) is 17.4 Å². The lowest BCUT2D eigenvalue weighted by Crippen LogP contribution is -2.41. The minimum absolute atomic E-state index is 0.0866. The van der Waals surface area contributed by atoms with Gasteiger partial charge in [-0.05, 0) is 50.9 Å². The Labute approximate surface area is 195 Å². The van der Waals surface area contributed by atoms with Crippen molar-refractivity contribution in [3.63, 3.8) is 0 Å². The van der Waals surface area contributed by atoms with E-state index in [1.54, 1.807) is 24.3 Å². The number of piperidine rings is 1. The van der Waals surface area contributed by atoms with Crippen LogP contribution in [0.15, 0.2) is 60.7 Å².